The molecule has 4 N–H and O–H groups in total. The van der Waals surface area contributed by atoms with E-state index in [0.29, 0.717) is 17.0 Å². The fourth-order valence-electron chi connectivity index (χ4n) is 1.88. The number of hydrogen-bond donors (Lipinski definition) is 3. The highest BCUT2D eigenvalue weighted by Gasteiger charge is 2.00. The number of aryl methyl sites for hydroxylation is 1. The average Bonchev–Trinajstić information content (AvgIpc) is 2.48. The molecular weight excluding hydrogens is 330 g/mol. The van der Waals surface area contributed by atoms with Gasteiger partial charge in [-0.25, -0.2) is 4.99 Å². The molecule has 0 atom stereocenters. The minimum absolute atomic E-state index is 0.213. The van der Waals surface area contributed by atoms with Gasteiger partial charge in [-0.2, -0.15) is 0 Å². The van der Waals surface area contributed by atoms with Crippen LogP contribution in [0.25, 0.3) is 0 Å². The molecule has 0 heterocycles. The maximum atomic E-state index is 9.45. The number of guanidine groups is 1. The van der Waals surface area contributed by atoms with E-state index >= 15 is 0 Å². The summed E-state index contributed by atoms with van der Waals surface area (Å²) >= 11 is 3.28. The molecule has 5 heteroatoms. The first-order valence-electron chi connectivity index (χ1n) is 6.71. The summed E-state index contributed by atoms with van der Waals surface area (Å²) in [7, 11) is 0. The molecule has 2 aromatic carbocycles. The number of nitrogens with zero attached hydrogens (tertiary/aromatic N) is 1. The Morgan fingerprint density at radius 2 is 2.05 bits per heavy atom. The third-order valence-electron chi connectivity index (χ3n) is 3.05. The Morgan fingerprint density at radius 1 is 1.24 bits per heavy atom. The Labute approximate surface area is 132 Å². The summed E-state index contributed by atoms with van der Waals surface area (Å²) in [6.07, 6.45) is 0.980. The average molecular weight is 348 g/mol. The van der Waals surface area contributed by atoms with Gasteiger partial charge in [0.2, 0.25) is 0 Å². The van der Waals surface area contributed by atoms with E-state index in [0.717, 1.165) is 17.7 Å². The van der Waals surface area contributed by atoms with Gasteiger partial charge in [0, 0.05) is 5.69 Å². The molecule has 0 unspecified atom stereocenters. The quantitative estimate of drug-likeness (QED) is 0.584. The van der Waals surface area contributed by atoms with Crippen molar-refractivity contribution in [3.63, 3.8) is 0 Å². The van der Waals surface area contributed by atoms with Gasteiger partial charge in [0.25, 0.3) is 0 Å². The van der Waals surface area contributed by atoms with E-state index in [1.807, 2.05) is 24.3 Å². The summed E-state index contributed by atoms with van der Waals surface area (Å²) in [5.41, 5.74) is 9.03. The second kappa shape index (κ2) is 7.13. The Bertz CT molecular complexity index is 656. The van der Waals surface area contributed by atoms with E-state index < -0.39 is 0 Å². The van der Waals surface area contributed by atoms with Crippen LogP contribution in [0.1, 0.15) is 18.1 Å². The Kier molecular flexibility index (Phi) is 5.22. The van der Waals surface area contributed by atoms with E-state index in [1.54, 1.807) is 6.07 Å². The number of aromatic hydroxyl groups is 1. The van der Waals surface area contributed by atoms with Crippen LogP contribution in [0.4, 0.5) is 5.69 Å². The molecule has 2 rings (SSSR count). The lowest BCUT2D eigenvalue weighted by Crippen LogP contribution is -2.22. The van der Waals surface area contributed by atoms with E-state index in [9.17, 15) is 5.11 Å². The fraction of sp³-hybridized carbons (Fsp3) is 0.188. The van der Waals surface area contributed by atoms with E-state index in [-0.39, 0.29) is 5.75 Å². The summed E-state index contributed by atoms with van der Waals surface area (Å²) in [5, 5.41) is 12.5. The summed E-state index contributed by atoms with van der Waals surface area (Å²) in [6, 6.07) is 13.3. The molecule has 0 aliphatic heterocycles. The number of phenols is 1. The monoisotopic (exact) mass is 347 g/mol. The normalized spacial score (nSPS) is 11.4. The van der Waals surface area contributed by atoms with Crippen molar-refractivity contribution < 1.29 is 5.11 Å². The first-order valence-corrected chi connectivity index (χ1v) is 7.51. The van der Waals surface area contributed by atoms with Crippen molar-refractivity contribution in [2.75, 3.05) is 5.32 Å². The number of benzene rings is 2. The highest BCUT2D eigenvalue weighted by atomic mass is 79.9. The van der Waals surface area contributed by atoms with Gasteiger partial charge in [-0.3, -0.25) is 0 Å². The third kappa shape index (κ3) is 4.49. The second-order valence-electron chi connectivity index (χ2n) is 4.67. The number of nitrogens with two attached hydrogens (primary N) is 1. The molecule has 110 valence electrons. The standard InChI is InChI=1S/C16H18BrN3O/c1-2-11-4-3-5-13(8-11)20-16(18)19-10-12-6-7-15(21)14(17)9-12/h3-9,21H,2,10H2,1H3,(H3,18,19,20). The number of hydrogen-bond acceptors (Lipinski definition) is 2. The zero-order valence-corrected chi connectivity index (χ0v) is 13.4. The molecular formula is C16H18BrN3O. The van der Waals surface area contributed by atoms with Crippen molar-refractivity contribution in [1.29, 1.82) is 0 Å². The molecule has 0 aromatic heterocycles. The molecule has 2 aromatic rings. The van der Waals surface area contributed by atoms with Crippen LogP contribution < -0.4 is 11.1 Å². The topological polar surface area (TPSA) is 70.6 Å². The first-order chi connectivity index (χ1) is 10.1. The summed E-state index contributed by atoms with van der Waals surface area (Å²) in [5.74, 6) is 0.581. The summed E-state index contributed by atoms with van der Waals surface area (Å²) in [4.78, 5) is 4.30. The molecule has 0 radical (unpaired) electrons. The van der Waals surface area contributed by atoms with Crippen LogP contribution in [0.15, 0.2) is 51.9 Å². The maximum Gasteiger partial charge on any atom is 0.193 e. The van der Waals surface area contributed by atoms with Gasteiger partial charge in [0.15, 0.2) is 5.96 Å². The van der Waals surface area contributed by atoms with Gasteiger partial charge < -0.3 is 16.2 Å². The molecule has 0 bridgehead atoms. The van der Waals surface area contributed by atoms with Gasteiger partial charge in [-0.1, -0.05) is 25.1 Å². The van der Waals surface area contributed by atoms with Crippen molar-refractivity contribution in [3.8, 4) is 5.75 Å². The number of rotatable bonds is 4. The van der Waals surface area contributed by atoms with Crippen LogP contribution in [-0.2, 0) is 13.0 Å². The predicted octanol–water partition coefficient (Wildman–Crippen LogP) is 3.64. The minimum Gasteiger partial charge on any atom is -0.507 e. The number of aliphatic imine (C=N–C) groups is 1. The minimum atomic E-state index is 0.213. The smallest absolute Gasteiger partial charge is 0.193 e. The lowest BCUT2D eigenvalue weighted by molar-refractivity contribution is 0.471. The molecule has 0 aliphatic rings. The van der Waals surface area contributed by atoms with Crippen LogP contribution in [-0.4, -0.2) is 11.1 Å². The van der Waals surface area contributed by atoms with E-state index in [2.05, 4.69) is 45.3 Å². The maximum absolute atomic E-state index is 9.45. The van der Waals surface area contributed by atoms with Crippen LogP contribution in [0.3, 0.4) is 0 Å². The number of halogens is 1. The molecule has 0 fully saturated rings. The second-order valence-corrected chi connectivity index (χ2v) is 5.52. The highest BCUT2D eigenvalue weighted by molar-refractivity contribution is 9.10. The van der Waals surface area contributed by atoms with Crippen LogP contribution >= 0.6 is 15.9 Å². The zero-order chi connectivity index (χ0) is 15.2. The largest absolute Gasteiger partial charge is 0.507 e. The van der Waals surface area contributed by atoms with Crippen molar-refractivity contribution in [1.82, 2.24) is 0 Å². The van der Waals surface area contributed by atoms with Gasteiger partial charge in [-0.05, 0) is 57.7 Å². The van der Waals surface area contributed by atoms with Crippen molar-refractivity contribution >= 4 is 27.6 Å². The zero-order valence-electron chi connectivity index (χ0n) is 11.8. The fourth-order valence-corrected chi connectivity index (χ4v) is 2.31. The molecule has 21 heavy (non-hydrogen) atoms. The third-order valence-corrected chi connectivity index (χ3v) is 3.69. The molecule has 4 nitrogen and oxygen atoms in total. The van der Waals surface area contributed by atoms with Gasteiger partial charge >= 0.3 is 0 Å². The molecule has 0 amide bonds. The molecule has 0 saturated carbocycles. The van der Waals surface area contributed by atoms with E-state index in [1.165, 1.54) is 5.56 Å². The van der Waals surface area contributed by atoms with Crippen LogP contribution in [0.2, 0.25) is 0 Å². The van der Waals surface area contributed by atoms with Crippen molar-refractivity contribution in [2.24, 2.45) is 10.7 Å². The van der Waals surface area contributed by atoms with Crippen LogP contribution in [0, 0.1) is 0 Å². The van der Waals surface area contributed by atoms with E-state index in [4.69, 9.17) is 5.73 Å². The van der Waals surface area contributed by atoms with Gasteiger partial charge in [0.1, 0.15) is 5.75 Å². The number of nitrogens with one attached hydrogen (secondary N) is 1. The predicted molar refractivity (Wildman–Crippen MR) is 90.6 cm³/mol. The van der Waals surface area contributed by atoms with Gasteiger partial charge in [-0.15, -0.1) is 0 Å². The Morgan fingerprint density at radius 3 is 2.76 bits per heavy atom. The van der Waals surface area contributed by atoms with Crippen LogP contribution in [0.5, 0.6) is 5.75 Å². The SMILES string of the molecule is CCc1cccc(NC(N)=NCc2ccc(O)c(Br)c2)c1. The molecule has 0 saturated heterocycles. The van der Waals surface area contributed by atoms with Crippen molar-refractivity contribution in [2.45, 2.75) is 19.9 Å². The highest BCUT2D eigenvalue weighted by Crippen LogP contribution is 2.24. The summed E-state index contributed by atoms with van der Waals surface area (Å²) < 4.78 is 0.650. The first kappa shape index (κ1) is 15.4. The Balaban J connectivity index is 2.01. The Hall–Kier alpha value is -2.01. The van der Waals surface area contributed by atoms with Gasteiger partial charge in [0.05, 0.1) is 11.0 Å². The molecule has 0 aliphatic carbocycles. The number of anilines is 1. The van der Waals surface area contributed by atoms with Crippen molar-refractivity contribution in [3.05, 3.63) is 58.1 Å². The summed E-state index contributed by atoms with van der Waals surface area (Å²) in [6.45, 7) is 2.56. The molecule has 0 spiro atoms. The lowest BCUT2D eigenvalue weighted by Gasteiger charge is -2.07. The lowest BCUT2D eigenvalue weighted by atomic mass is 10.1. The number of phenolic OH excluding ortho intramolecular Hbond substituents is 1.